The first-order chi connectivity index (χ1) is 12.0. The van der Waals surface area contributed by atoms with Crippen molar-refractivity contribution in [2.75, 3.05) is 6.61 Å². The SMILES string of the molecule is Cc1ccc(S(=O)(=O)OCCCCC(=O)OCc2ccccc2)cc1. The van der Waals surface area contributed by atoms with Crippen LogP contribution in [0.4, 0.5) is 0 Å². The molecular weight excluding hydrogens is 340 g/mol. The predicted octanol–water partition coefficient (Wildman–Crippen LogP) is 3.61. The van der Waals surface area contributed by atoms with Crippen LogP contribution in [0.1, 0.15) is 30.4 Å². The van der Waals surface area contributed by atoms with Crippen molar-refractivity contribution in [2.45, 2.75) is 37.7 Å². The van der Waals surface area contributed by atoms with Gasteiger partial charge in [-0.25, -0.2) is 0 Å². The van der Waals surface area contributed by atoms with Gasteiger partial charge in [-0.1, -0.05) is 48.0 Å². The van der Waals surface area contributed by atoms with Crippen molar-refractivity contribution in [3.8, 4) is 0 Å². The molecule has 0 aliphatic carbocycles. The Morgan fingerprint density at radius 3 is 2.32 bits per heavy atom. The van der Waals surface area contributed by atoms with Crippen LogP contribution < -0.4 is 0 Å². The zero-order valence-electron chi connectivity index (χ0n) is 14.2. The number of hydrogen-bond acceptors (Lipinski definition) is 5. The number of esters is 1. The summed E-state index contributed by atoms with van der Waals surface area (Å²) in [6.45, 7) is 2.17. The third-order valence-corrected chi connectivity index (χ3v) is 4.89. The topological polar surface area (TPSA) is 69.7 Å². The molecule has 0 aromatic heterocycles. The van der Waals surface area contributed by atoms with E-state index in [-0.39, 0.29) is 30.5 Å². The summed E-state index contributed by atoms with van der Waals surface area (Å²) in [6, 6.07) is 15.9. The van der Waals surface area contributed by atoms with E-state index in [0.29, 0.717) is 12.8 Å². The molecule has 0 unspecified atom stereocenters. The molecule has 0 saturated carbocycles. The van der Waals surface area contributed by atoms with E-state index in [1.807, 2.05) is 37.3 Å². The Bertz CT molecular complexity index is 767. The van der Waals surface area contributed by atoms with E-state index >= 15 is 0 Å². The van der Waals surface area contributed by atoms with Crippen molar-refractivity contribution < 1.29 is 22.1 Å². The van der Waals surface area contributed by atoms with E-state index in [4.69, 9.17) is 8.92 Å². The molecule has 0 aliphatic heterocycles. The Balaban J connectivity index is 1.64. The summed E-state index contributed by atoms with van der Waals surface area (Å²) in [5, 5.41) is 0. The van der Waals surface area contributed by atoms with Crippen LogP contribution >= 0.6 is 0 Å². The molecule has 5 nitrogen and oxygen atoms in total. The van der Waals surface area contributed by atoms with Crippen molar-refractivity contribution in [1.29, 1.82) is 0 Å². The van der Waals surface area contributed by atoms with Crippen LogP contribution in [0.15, 0.2) is 59.5 Å². The fraction of sp³-hybridized carbons (Fsp3) is 0.316. The highest BCUT2D eigenvalue weighted by Gasteiger charge is 2.14. The number of rotatable bonds is 9. The number of carbonyl (C=O) groups is 1. The third-order valence-electron chi connectivity index (χ3n) is 3.57. The van der Waals surface area contributed by atoms with Crippen molar-refractivity contribution in [3.63, 3.8) is 0 Å². The Hall–Kier alpha value is -2.18. The molecule has 2 rings (SSSR count). The van der Waals surface area contributed by atoms with Gasteiger partial charge in [-0.05, 0) is 37.5 Å². The second-order valence-corrected chi connectivity index (χ2v) is 7.31. The lowest BCUT2D eigenvalue weighted by Gasteiger charge is -2.07. The molecule has 2 aromatic rings. The summed E-state index contributed by atoms with van der Waals surface area (Å²) < 4.78 is 34.1. The van der Waals surface area contributed by atoms with E-state index in [1.54, 1.807) is 12.1 Å². The standard InChI is InChI=1S/C19H22O5S/c1-16-10-12-18(13-11-16)25(21,22)24-14-6-5-9-19(20)23-15-17-7-3-2-4-8-17/h2-4,7-8,10-13H,5-6,9,14-15H2,1H3. The lowest BCUT2D eigenvalue weighted by Crippen LogP contribution is -2.09. The van der Waals surface area contributed by atoms with Crippen LogP contribution in [0, 0.1) is 6.92 Å². The Morgan fingerprint density at radius 1 is 0.960 bits per heavy atom. The summed E-state index contributed by atoms with van der Waals surface area (Å²) in [4.78, 5) is 11.8. The predicted molar refractivity (Wildman–Crippen MR) is 94.4 cm³/mol. The van der Waals surface area contributed by atoms with Crippen LogP contribution in [0.3, 0.4) is 0 Å². The number of unbranched alkanes of at least 4 members (excludes halogenated alkanes) is 1. The van der Waals surface area contributed by atoms with Crippen LogP contribution in [0.2, 0.25) is 0 Å². The van der Waals surface area contributed by atoms with Gasteiger partial charge in [0.1, 0.15) is 6.61 Å². The average molecular weight is 362 g/mol. The zero-order chi connectivity index (χ0) is 18.1. The van der Waals surface area contributed by atoms with Gasteiger partial charge < -0.3 is 4.74 Å². The first-order valence-electron chi connectivity index (χ1n) is 8.13. The van der Waals surface area contributed by atoms with Gasteiger partial charge in [0.2, 0.25) is 0 Å². The molecule has 0 amide bonds. The zero-order valence-corrected chi connectivity index (χ0v) is 15.0. The molecule has 25 heavy (non-hydrogen) atoms. The smallest absolute Gasteiger partial charge is 0.306 e. The van der Waals surface area contributed by atoms with Gasteiger partial charge in [0.25, 0.3) is 10.1 Å². The maximum absolute atomic E-state index is 12.0. The summed E-state index contributed by atoms with van der Waals surface area (Å²) in [6.07, 6.45) is 1.21. The van der Waals surface area contributed by atoms with Crippen molar-refractivity contribution in [1.82, 2.24) is 0 Å². The maximum atomic E-state index is 12.0. The molecule has 0 aliphatic rings. The van der Waals surface area contributed by atoms with Gasteiger partial charge in [0.05, 0.1) is 11.5 Å². The number of hydrogen-bond donors (Lipinski definition) is 0. The third kappa shape index (κ3) is 6.68. The summed E-state index contributed by atoms with van der Waals surface area (Å²) in [5.41, 5.74) is 1.91. The van der Waals surface area contributed by atoms with Crippen LogP contribution in [0.25, 0.3) is 0 Å². The molecule has 0 heterocycles. The van der Waals surface area contributed by atoms with Crippen LogP contribution in [0.5, 0.6) is 0 Å². The number of carbonyl (C=O) groups excluding carboxylic acids is 1. The molecule has 6 heteroatoms. The van der Waals surface area contributed by atoms with Crippen LogP contribution in [-0.2, 0) is 30.4 Å². The first kappa shape index (κ1) is 19.1. The molecule has 0 bridgehead atoms. The Morgan fingerprint density at radius 2 is 1.64 bits per heavy atom. The highest BCUT2D eigenvalue weighted by Crippen LogP contribution is 2.14. The van der Waals surface area contributed by atoms with Gasteiger partial charge in [0.15, 0.2) is 0 Å². The molecule has 0 atom stereocenters. The van der Waals surface area contributed by atoms with E-state index in [2.05, 4.69) is 0 Å². The monoisotopic (exact) mass is 362 g/mol. The lowest BCUT2D eigenvalue weighted by molar-refractivity contribution is -0.145. The molecule has 0 radical (unpaired) electrons. The van der Waals surface area contributed by atoms with Gasteiger partial charge in [-0.15, -0.1) is 0 Å². The summed E-state index contributed by atoms with van der Waals surface area (Å²) in [5.74, 6) is -0.301. The molecule has 0 fully saturated rings. The van der Waals surface area contributed by atoms with Gasteiger partial charge in [-0.2, -0.15) is 8.42 Å². The summed E-state index contributed by atoms with van der Waals surface area (Å²) >= 11 is 0. The largest absolute Gasteiger partial charge is 0.461 e. The minimum atomic E-state index is -3.74. The van der Waals surface area contributed by atoms with Crippen LogP contribution in [-0.4, -0.2) is 21.0 Å². The van der Waals surface area contributed by atoms with Gasteiger partial charge in [0, 0.05) is 6.42 Å². The maximum Gasteiger partial charge on any atom is 0.306 e. The fourth-order valence-electron chi connectivity index (χ4n) is 2.12. The molecule has 0 spiro atoms. The number of benzene rings is 2. The van der Waals surface area contributed by atoms with Gasteiger partial charge >= 0.3 is 5.97 Å². The van der Waals surface area contributed by atoms with E-state index < -0.39 is 10.1 Å². The molecule has 0 saturated heterocycles. The van der Waals surface area contributed by atoms with Crippen molar-refractivity contribution in [3.05, 3.63) is 65.7 Å². The Kier molecular flexibility index (Phi) is 7.16. The minimum absolute atomic E-state index is 0.0438. The van der Waals surface area contributed by atoms with E-state index in [9.17, 15) is 13.2 Å². The average Bonchev–Trinajstić information content (AvgIpc) is 2.61. The summed E-state index contributed by atoms with van der Waals surface area (Å²) in [7, 11) is -3.74. The Labute approximate surface area is 148 Å². The molecule has 134 valence electrons. The second-order valence-electron chi connectivity index (χ2n) is 5.69. The lowest BCUT2D eigenvalue weighted by atomic mass is 10.2. The second kappa shape index (κ2) is 9.34. The number of ether oxygens (including phenoxy) is 1. The van der Waals surface area contributed by atoms with Crippen molar-refractivity contribution >= 4 is 16.1 Å². The highest BCUT2D eigenvalue weighted by molar-refractivity contribution is 7.86. The quantitative estimate of drug-likeness (QED) is 0.387. The molecule has 2 aromatic carbocycles. The fourth-order valence-corrected chi connectivity index (χ4v) is 3.07. The van der Waals surface area contributed by atoms with Gasteiger partial charge in [-0.3, -0.25) is 8.98 Å². The van der Waals surface area contributed by atoms with Crippen molar-refractivity contribution in [2.24, 2.45) is 0 Å². The highest BCUT2D eigenvalue weighted by atomic mass is 32.2. The molecular formula is C19H22O5S. The number of aryl methyl sites for hydroxylation is 1. The first-order valence-corrected chi connectivity index (χ1v) is 9.54. The van der Waals surface area contributed by atoms with E-state index in [1.165, 1.54) is 12.1 Å². The molecule has 0 N–H and O–H groups in total. The minimum Gasteiger partial charge on any atom is -0.461 e. The van der Waals surface area contributed by atoms with E-state index in [0.717, 1.165) is 11.1 Å². The normalized spacial score (nSPS) is 11.2.